The Morgan fingerprint density at radius 3 is 2.71 bits per heavy atom. The Balaban J connectivity index is 1.48. The van der Waals surface area contributed by atoms with Crippen LogP contribution in [0, 0.1) is 0 Å². The summed E-state index contributed by atoms with van der Waals surface area (Å²) in [7, 11) is 0. The summed E-state index contributed by atoms with van der Waals surface area (Å²) < 4.78 is 0. The van der Waals surface area contributed by atoms with Crippen LogP contribution in [-0.2, 0) is 0 Å². The van der Waals surface area contributed by atoms with Crippen molar-refractivity contribution in [2.24, 2.45) is 0 Å². The van der Waals surface area contributed by atoms with Crippen LogP contribution in [0.4, 0.5) is 5.95 Å². The Hall–Kier alpha value is -2.46. The number of nitrogens with one attached hydrogen (secondary N) is 1. The fourth-order valence-electron chi connectivity index (χ4n) is 3.60. The average molecular weight is 318 g/mol. The molecule has 24 heavy (non-hydrogen) atoms. The van der Waals surface area contributed by atoms with Gasteiger partial charge in [0.25, 0.3) is 0 Å². The first-order valence-corrected chi connectivity index (χ1v) is 8.57. The first kappa shape index (κ1) is 15.1. The monoisotopic (exact) mass is 318 g/mol. The smallest absolute Gasteiger partial charge is 0.225 e. The van der Waals surface area contributed by atoms with Crippen molar-refractivity contribution in [3.05, 3.63) is 66.5 Å². The van der Waals surface area contributed by atoms with Crippen molar-refractivity contribution in [2.75, 3.05) is 18.0 Å². The molecule has 1 aliphatic heterocycles. The molecule has 0 radical (unpaired) electrons. The lowest BCUT2D eigenvalue weighted by molar-refractivity contribution is 0.483. The summed E-state index contributed by atoms with van der Waals surface area (Å²) in [5, 5.41) is 6.42. The molecule has 2 heterocycles. The minimum absolute atomic E-state index is 0.317. The molecule has 4 heteroatoms. The van der Waals surface area contributed by atoms with Crippen molar-refractivity contribution in [3.63, 3.8) is 0 Å². The van der Waals surface area contributed by atoms with Crippen molar-refractivity contribution >= 4 is 16.7 Å². The lowest BCUT2D eigenvalue weighted by atomic mass is 9.99. The zero-order chi connectivity index (χ0) is 16.4. The predicted molar refractivity (Wildman–Crippen MR) is 98.1 cm³/mol. The highest BCUT2D eigenvalue weighted by Crippen LogP contribution is 2.25. The fraction of sp³-hybridized carbons (Fsp3) is 0.300. The van der Waals surface area contributed by atoms with E-state index >= 15 is 0 Å². The summed E-state index contributed by atoms with van der Waals surface area (Å²) in [4.78, 5) is 11.0. The topological polar surface area (TPSA) is 41.0 Å². The third-order valence-corrected chi connectivity index (χ3v) is 4.80. The van der Waals surface area contributed by atoms with Gasteiger partial charge in [0.15, 0.2) is 0 Å². The van der Waals surface area contributed by atoms with Crippen LogP contribution in [0.5, 0.6) is 0 Å². The van der Waals surface area contributed by atoms with E-state index in [0.29, 0.717) is 12.1 Å². The van der Waals surface area contributed by atoms with E-state index in [1.165, 1.54) is 16.3 Å². The van der Waals surface area contributed by atoms with Crippen LogP contribution in [0.2, 0.25) is 0 Å². The molecular weight excluding hydrogens is 296 g/mol. The minimum atomic E-state index is 0.317. The third kappa shape index (κ3) is 2.97. The molecule has 122 valence electrons. The number of rotatable bonds is 4. The van der Waals surface area contributed by atoms with Gasteiger partial charge in [0.05, 0.1) is 0 Å². The molecule has 2 atom stereocenters. The van der Waals surface area contributed by atoms with Crippen molar-refractivity contribution in [2.45, 2.75) is 25.4 Å². The Labute approximate surface area is 142 Å². The van der Waals surface area contributed by atoms with Gasteiger partial charge in [-0.05, 0) is 35.7 Å². The number of hydrogen-bond donors (Lipinski definition) is 1. The highest BCUT2D eigenvalue weighted by Gasteiger charge is 2.25. The Kier molecular flexibility index (Phi) is 4.13. The second-order valence-corrected chi connectivity index (χ2v) is 6.44. The minimum Gasteiger partial charge on any atom is -0.339 e. The van der Waals surface area contributed by atoms with E-state index in [-0.39, 0.29) is 0 Å². The Morgan fingerprint density at radius 2 is 1.83 bits per heavy atom. The van der Waals surface area contributed by atoms with Crippen LogP contribution in [0.3, 0.4) is 0 Å². The summed E-state index contributed by atoms with van der Waals surface area (Å²) in [6, 6.07) is 17.8. The summed E-state index contributed by atoms with van der Waals surface area (Å²) in [5.74, 6) is 0.833. The van der Waals surface area contributed by atoms with Gasteiger partial charge < -0.3 is 10.2 Å². The predicted octanol–water partition coefficient (Wildman–Crippen LogP) is 3.56. The second kappa shape index (κ2) is 6.57. The number of benzene rings is 2. The lowest BCUT2D eigenvalue weighted by Crippen LogP contribution is -2.34. The average Bonchev–Trinajstić information content (AvgIpc) is 3.10. The fourth-order valence-corrected chi connectivity index (χ4v) is 3.60. The van der Waals surface area contributed by atoms with Gasteiger partial charge in [-0.3, -0.25) is 0 Å². The highest BCUT2D eigenvalue weighted by atomic mass is 15.3. The van der Waals surface area contributed by atoms with Crippen LogP contribution < -0.4 is 10.2 Å². The van der Waals surface area contributed by atoms with E-state index in [2.05, 4.69) is 69.6 Å². The summed E-state index contributed by atoms with van der Waals surface area (Å²) >= 11 is 0. The first-order chi connectivity index (χ1) is 11.8. The van der Waals surface area contributed by atoms with Crippen LogP contribution >= 0.6 is 0 Å². The molecule has 1 aromatic heterocycles. The van der Waals surface area contributed by atoms with Gasteiger partial charge in [0, 0.05) is 37.6 Å². The summed E-state index contributed by atoms with van der Waals surface area (Å²) in [6.45, 7) is 4.21. The van der Waals surface area contributed by atoms with Gasteiger partial charge in [0.2, 0.25) is 5.95 Å². The van der Waals surface area contributed by atoms with Crippen LogP contribution in [0.25, 0.3) is 10.8 Å². The number of nitrogens with zero attached hydrogens (tertiary/aromatic N) is 3. The van der Waals surface area contributed by atoms with Crippen LogP contribution in [-0.4, -0.2) is 29.1 Å². The summed E-state index contributed by atoms with van der Waals surface area (Å²) in [5.41, 5.74) is 1.36. The molecule has 4 nitrogen and oxygen atoms in total. The maximum absolute atomic E-state index is 4.36. The van der Waals surface area contributed by atoms with E-state index in [1.807, 2.05) is 18.5 Å². The zero-order valence-electron chi connectivity index (χ0n) is 13.9. The third-order valence-electron chi connectivity index (χ3n) is 4.80. The molecule has 1 saturated heterocycles. The molecule has 1 N–H and O–H groups in total. The number of fused-ring (bicyclic) bond motifs is 1. The van der Waals surface area contributed by atoms with Crippen molar-refractivity contribution in [3.8, 4) is 0 Å². The van der Waals surface area contributed by atoms with Crippen molar-refractivity contribution < 1.29 is 0 Å². The standard InChI is InChI=1S/C20H22N4/c1-15(18-9-4-7-16-6-2-3-8-19(16)18)23-17-10-13-24(14-17)20-21-11-5-12-22-20/h2-9,11-12,15,17,23H,10,13-14H2,1H3/t15-,17+/m1/s1. The molecule has 4 rings (SSSR count). The van der Waals surface area contributed by atoms with Crippen molar-refractivity contribution in [1.82, 2.24) is 15.3 Å². The molecule has 3 aromatic rings. The molecule has 2 aromatic carbocycles. The Bertz CT molecular complexity index is 813. The molecule has 0 aliphatic carbocycles. The number of hydrogen-bond acceptors (Lipinski definition) is 4. The highest BCUT2D eigenvalue weighted by molar-refractivity contribution is 5.86. The van der Waals surface area contributed by atoms with E-state index < -0.39 is 0 Å². The van der Waals surface area contributed by atoms with Crippen LogP contribution in [0.1, 0.15) is 24.9 Å². The lowest BCUT2D eigenvalue weighted by Gasteiger charge is -2.22. The normalized spacial score (nSPS) is 18.9. The van der Waals surface area contributed by atoms with Gasteiger partial charge in [-0.1, -0.05) is 42.5 Å². The molecule has 0 saturated carbocycles. The molecular formula is C20H22N4. The molecule has 1 aliphatic rings. The van der Waals surface area contributed by atoms with Gasteiger partial charge in [-0.25, -0.2) is 9.97 Å². The first-order valence-electron chi connectivity index (χ1n) is 8.57. The van der Waals surface area contributed by atoms with E-state index in [4.69, 9.17) is 0 Å². The maximum Gasteiger partial charge on any atom is 0.225 e. The zero-order valence-corrected chi connectivity index (χ0v) is 13.9. The number of aromatic nitrogens is 2. The Morgan fingerprint density at radius 1 is 1.04 bits per heavy atom. The van der Waals surface area contributed by atoms with E-state index in [9.17, 15) is 0 Å². The quantitative estimate of drug-likeness (QED) is 0.798. The SMILES string of the molecule is C[C@@H](N[C@H]1CCN(c2ncccn2)C1)c1cccc2ccccc12. The maximum atomic E-state index is 4.36. The molecule has 0 amide bonds. The number of anilines is 1. The van der Waals surface area contributed by atoms with E-state index in [0.717, 1.165) is 25.5 Å². The van der Waals surface area contributed by atoms with Gasteiger partial charge in [0.1, 0.15) is 0 Å². The molecule has 0 spiro atoms. The second-order valence-electron chi connectivity index (χ2n) is 6.44. The summed E-state index contributed by atoms with van der Waals surface area (Å²) in [6.07, 6.45) is 4.73. The van der Waals surface area contributed by atoms with Crippen LogP contribution in [0.15, 0.2) is 60.9 Å². The molecule has 0 bridgehead atoms. The van der Waals surface area contributed by atoms with Gasteiger partial charge >= 0.3 is 0 Å². The molecule has 0 unspecified atom stereocenters. The van der Waals surface area contributed by atoms with Gasteiger partial charge in [-0.15, -0.1) is 0 Å². The van der Waals surface area contributed by atoms with Crippen molar-refractivity contribution in [1.29, 1.82) is 0 Å². The largest absolute Gasteiger partial charge is 0.339 e. The van der Waals surface area contributed by atoms with Gasteiger partial charge in [-0.2, -0.15) is 0 Å². The molecule has 1 fully saturated rings. The van der Waals surface area contributed by atoms with E-state index in [1.54, 1.807) is 0 Å².